The van der Waals surface area contributed by atoms with Crippen LogP contribution in [0.1, 0.15) is 21.5 Å². The Kier molecular flexibility index (Phi) is 6.10. The van der Waals surface area contributed by atoms with E-state index in [0.29, 0.717) is 17.8 Å². The fraction of sp³-hybridized carbons (Fsp3) is 0.120. The van der Waals surface area contributed by atoms with Gasteiger partial charge >= 0.3 is 0 Å². The molecule has 0 aliphatic carbocycles. The average molecular weight is 446 g/mol. The summed E-state index contributed by atoms with van der Waals surface area (Å²) in [7, 11) is 1.58. The topological polar surface area (TPSA) is 105 Å². The Morgan fingerprint density at radius 2 is 1.79 bits per heavy atom. The number of halogens is 1. The summed E-state index contributed by atoms with van der Waals surface area (Å²) in [5, 5.41) is 25.3. The molecule has 0 saturated heterocycles. The van der Waals surface area contributed by atoms with Crippen LogP contribution in [-0.2, 0) is 13.1 Å². The molecule has 33 heavy (non-hydrogen) atoms. The van der Waals surface area contributed by atoms with E-state index in [4.69, 9.17) is 5.73 Å². The minimum absolute atomic E-state index is 0.0240. The van der Waals surface area contributed by atoms with Crippen molar-refractivity contribution in [2.75, 3.05) is 7.05 Å². The predicted molar refractivity (Wildman–Crippen MR) is 122 cm³/mol. The van der Waals surface area contributed by atoms with Crippen molar-refractivity contribution in [3.8, 4) is 28.4 Å². The Balaban J connectivity index is 1.69. The fourth-order valence-electron chi connectivity index (χ4n) is 3.62. The van der Waals surface area contributed by atoms with Crippen molar-refractivity contribution >= 4 is 5.91 Å². The van der Waals surface area contributed by atoms with Gasteiger partial charge in [0, 0.05) is 31.8 Å². The molecule has 3 aromatic carbocycles. The van der Waals surface area contributed by atoms with E-state index < -0.39 is 5.91 Å². The largest absolute Gasteiger partial charge is 0.507 e. The molecule has 168 valence electrons. The van der Waals surface area contributed by atoms with Gasteiger partial charge in [0.15, 0.2) is 0 Å². The van der Waals surface area contributed by atoms with Crippen LogP contribution in [0.4, 0.5) is 4.39 Å². The van der Waals surface area contributed by atoms with E-state index in [9.17, 15) is 19.4 Å². The molecule has 0 atom stereocenters. The molecule has 0 bridgehead atoms. The van der Waals surface area contributed by atoms with Crippen molar-refractivity contribution in [1.82, 2.24) is 14.7 Å². The molecule has 7 nitrogen and oxygen atoms in total. The number of benzene rings is 3. The van der Waals surface area contributed by atoms with E-state index >= 15 is 0 Å². The number of phenols is 2. The van der Waals surface area contributed by atoms with Gasteiger partial charge in [0.1, 0.15) is 17.3 Å². The summed E-state index contributed by atoms with van der Waals surface area (Å²) in [6.07, 6.45) is 1.58. The number of nitrogens with two attached hydrogens (primary N) is 1. The van der Waals surface area contributed by atoms with Crippen LogP contribution in [0.3, 0.4) is 0 Å². The SMILES string of the molecule is CN(Cc1ccc(F)cc1)C(=O)c1cc(-c2ccnn2-c2cccc(CN)c2)c(O)cc1O. The van der Waals surface area contributed by atoms with Gasteiger partial charge in [0.05, 0.1) is 23.1 Å². The van der Waals surface area contributed by atoms with E-state index in [1.807, 2.05) is 24.3 Å². The smallest absolute Gasteiger partial charge is 0.257 e. The first-order valence-corrected chi connectivity index (χ1v) is 10.3. The third-order valence-corrected chi connectivity index (χ3v) is 5.33. The summed E-state index contributed by atoms with van der Waals surface area (Å²) >= 11 is 0. The number of amides is 1. The number of aromatic nitrogens is 2. The molecule has 0 fully saturated rings. The molecule has 1 amide bonds. The van der Waals surface area contributed by atoms with Crippen LogP contribution >= 0.6 is 0 Å². The lowest BCUT2D eigenvalue weighted by atomic mass is 10.0. The highest BCUT2D eigenvalue weighted by Crippen LogP contribution is 2.36. The number of carbonyl (C=O) groups excluding carboxylic acids is 1. The van der Waals surface area contributed by atoms with Gasteiger partial charge in [0.2, 0.25) is 0 Å². The molecule has 1 heterocycles. The minimum atomic E-state index is -0.450. The van der Waals surface area contributed by atoms with Gasteiger partial charge in [-0.3, -0.25) is 4.79 Å². The lowest BCUT2D eigenvalue weighted by Crippen LogP contribution is -2.26. The maximum atomic E-state index is 13.2. The second-order valence-corrected chi connectivity index (χ2v) is 7.68. The maximum absolute atomic E-state index is 13.2. The van der Waals surface area contributed by atoms with Crippen LogP contribution in [0.5, 0.6) is 11.5 Å². The van der Waals surface area contributed by atoms with Crippen LogP contribution < -0.4 is 5.73 Å². The number of hydrogen-bond acceptors (Lipinski definition) is 5. The monoisotopic (exact) mass is 446 g/mol. The van der Waals surface area contributed by atoms with Crippen molar-refractivity contribution < 1.29 is 19.4 Å². The highest BCUT2D eigenvalue weighted by atomic mass is 19.1. The summed E-state index contributed by atoms with van der Waals surface area (Å²) in [6.45, 7) is 0.590. The second kappa shape index (κ2) is 9.13. The quantitative estimate of drug-likeness (QED) is 0.418. The molecule has 0 aliphatic heterocycles. The molecule has 4 rings (SSSR count). The third kappa shape index (κ3) is 4.56. The lowest BCUT2D eigenvalue weighted by Gasteiger charge is -2.19. The van der Waals surface area contributed by atoms with Crippen molar-refractivity contribution in [2.24, 2.45) is 5.73 Å². The number of rotatable bonds is 6. The molecular weight excluding hydrogens is 423 g/mol. The van der Waals surface area contributed by atoms with E-state index in [2.05, 4.69) is 5.10 Å². The fourth-order valence-corrected chi connectivity index (χ4v) is 3.62. The Hall–Kier alpha value is -4.17. The second-order valence-electron chi connectivity index (χ2n) is 7.68. The zero-order valence-electron chi connectivity index (χ0n) is 17.9. The first-order valence-electron chi connectivity index (χ1n) is 10.3. The highest BCUT2D eigenvalue weighted by Gasteiger charge is 2.21. The molecule has 0 radical (unpaired) electrons. The van der Waals surface area contributed by atoms with Crippen LogP contribution in [0.15, 0.2) is 72.9 Å². The Bertz CT molecular complexity index is 1300. The van der Waals surface area contributed by atoms with Crippen LogP contribution in [-0.4, -0.2) is 37.8 Å². The Morgan fingerprint density at radius 3 is 2.52 bits per heavy atom. The van der Waals surface area contributed by atoms with Gasteiger partial charge in [-0.15, -0.1) is 0 Å². The van der Waals surface area contributed by atoms with Crippen molar-refractivity contribution in [3.63, 3.8) is 0 Å². The molecule has 1 aromatic heterocycles. The number of hydrogen-bond donors (Lipinski definition) is 3. The first-order chi connectivity index (χ1) is 15.9. The van der Waals surface area contributed by atoms with Crippen molar-refractivity contribution in [3.05, 3.63) is 95.4 Å². The lowest BCUT2D eigenvalue weighted by molar-refractivity contribution is 0.0782. The highest BCUT2D eigenvalue weighted by molar-refractivity contribution is 5.98. The maximum Gasteiger partial charge on any atom is 0.257 e. The zero-order chi connectivity index (χ0) is 23.5. The summed E-state index contributed by atoms with van der Waals surface area (Å²) in [6, 6.07) is 17.6. The van der Waals surface area contributed by atoms with Gasteiger partial charge in [-0.2, -0.15) is 5.10 Å². The molecule has 0 saturated carbocycles. The van der Waals surface area contributed by atoms with E-state index in [1.54, 1.807) is 36.1 Å². The van der Waals surface area contributed by atoms with Gasteiger partial charge in [0.25, 0.3) is 5.91 Å². The van der Waals surface area contributed by atoms with Crippen LogP contribution in [0, 0.1) is 5.82 Å². The Morgan fingerprint density at radius 1 is 1.03 bits per heavy atom. The number of carbonyl (C=O) groups is 1. The molecule has 4 N–H and O–H groups in total. The van der Waals surface area contributed by atoms with Crippen LogP contribution in [0.25, 0.3) is 16.9 Å². The summed E-state index contributed by atoms with van der Waals surface area (Å²) in [4.78, 5) is 14.5. The normalized spacial score (nSPS) is 10.9. The summed E-state index contributed by atoms with van der Waals surface area (Å²) < 4.78 is 14.8. The molecule has 0 spiro atoms. The van der Waals surface area contributed by atoms with E-state index in [1.165, 1.54) is 23.1 Å². The minimum Gasteiger partial charge on any atom is -0.507 e. The molecule has 8 heteroatoms. The number of nitrogens with zero attached hydrogens (tertiary/aromatic N) is 3. The number of aromatic hydroxyl groups is 2. The molecular formula is C25H23FN4O3. The molecule has 0 unspecified atom stereocenters. The first kappa shape index (κ1) is 22.0. The average Bonchev–Trinajstić information content (AvgIpc) is 3.30. The Labute approximate surface area is 190 Å². The molecule has 4 aromatic rings. The van der Waals surface area contributed by atoms with Crippen LogP contribution in [0.2, 0.25) is 0 Å². The summed E-state index contributed by atoms with van der Waals surface area (Å²) in [5.41, 5.74) is 9.05. The van der Waals surface area contributed by atoms with Gasteiger partial charge in [-0.25, -0.2) is 9.07 Å². The summed E-state index contributed by atoms with van der Waals surface area (Å²) in [5.74, 6) is -1.35. The van der Waals surface area contributed by atoms with E-state index in [0.717, 1.165) is 22.9 Å². The van der Waals surface area contributed by atoms with Crippen molar-refractivity contribution in [1.29, 1.82) is 0 Å². The number of phenolic OH excluding ortho intramolecular Hbond substituents is 2. The van der Waals surface area contributed by atoms with Gasteiger partial charge < -0.3 is 20.8 Å². The van der Waals surface area contributed by atoms with Gasteiger partial charge in [-0.1, -0.05) is 24.3 Å². The standard InChI is InChI=1S/C25H23FN4O3/c1-29(15-16-5-7-18(26)8-6-16)25(33)21-12-20(23(31)13-24(21)32)22-9-10-28-30(22)19-4-2-3-17(11-19)14-27/h2-13,31-32H,14-15,27H2,1H3. The predicted octanol–water partition coefficient (Wildman–Crippen LogP) is 3.82. The third-order valence-electron chi connectivity index (χ3n) is 5.33. The van der Waals surface area contributed by atoms with Crippen molar-refractivity contribution in [2.45, 2.75) is 13.1 Å². The molecule has 0 aliphatic rings. The van der Waals surface area contributed by atoms with E-state index in [-0.39, 0.29) is 29.4 Å². The van der Waals surface area contributed by atoms with Gasteiger partial charge in [-0.05, 0) is 47.5 Å². The zero-order valence-corrected chi connectivity index (χ0v) is 17.9.